The van der Waals surface area contributed by atoms with Crippen LogP contribution >= 0.6 is 0 Å². The fourth-order valence-corrected chi connectivity index (χ4v) is 3.03. The van der Waals surface area contributed by atoms with Crippen LogP contribution in [0.2, 0.25) is 0 Å². The molecule has 0 unspecified atom stereocenters. The fraction of sp³-hybridized carbons (Fsp3) is 0.632. The lowest BCUT2D eigenvalue weighted by Gasteiger charge is -2.32. The molecule has 1 fully saturated rings. The lowest BCUT2D eigenvalue weighted by molar-refractivity contribution is -0.116. The molecule has 1 aliphatic rings. The van der Waals surface area contributed by atoms with Crippen molar-refractivity contribution in [2.75, 3.05) is 19.6 Å². The molecule has 1 aliphatic heterocycles. The SMILES string of the molecule is CC(C)=CC(=O)NC[C@H]1CCCN(Cc2ccnc(C(C)C)n2)C1. The van der Waals surface area contributed by atoms with Gasteiger partial charge in [-0.3, -0.25) is 9.69 Å². The maximum Gasteiger partial charge on any atom is 0.243 e. The van der Waals surface area contributed by atoms with Crippen LogP contribution in [0.25, 0.3) is 0 Å². The highest BCUT2D eigenvalue weighted by atomic mass is 16.1. The first-order valence-corrected chi connectivity index (χ1v) is 8.91. The van der Waals surface area contributed by atoms with Crippen molar-refractivity contribution in [2.45, 2.75) is 53.0 Å². The minimum atomic E-state index is 0.0181. The second kappa shape index (κ2) is 8.92. The van der Waals surface area contributed by atoms with E-state index in [1.54, 1.807) is 6.08 Å². The van der Waals surface area contributed by atoms with E-state index in [9.17, 15) is 4.79 Å². The van der Waals surface area contributed by atoms with Gasteiger partial charge in [-0.1, -0.05) is 19.4 Å². The molecule has 0 aliphatic carbocycles. The summed E-state index contributed by atoms with van der Waals surface area (Å²) in [6.45, 7) is 11.8. The molecule has 0 saturated carbocycles. The summed E-state index contributed by atoms with van der Waals surface area (Å²) in [6.07, 6.45) is 5.87. The number of aromatic nitrogens is 2. The van der Waals surface area contributed by atoms with Gasteiger partial charge < -0.3 is 5.32 Å². The monoisotopic (exact) mass is 330 g/mol. The number of carbonyl (C=O) groups is 1. The van der Waals surface area contributed by atoms with Crippen molar-refractivity contribution in [2.24, 2.45) is 5.92 Å². The molecule has 1 atom stereocenters. The average Bonchev–Trinajstić information content (AvgIpc) is 2.53. The predicted octanol–water partition coefficient (Wildman–Crippen LogP) is 2.89. The Morgan fingerprint density at radius 2 is 2.25 bits per heavy atom. The van der Waals surface area contributed by atoms with E-state index in [-0.39, 0.29) is 5.91 Å². The van der Waals surface area contributed by atoms with Gasteiger partial charge in [0.05, 0.1) is 5.69 Å². The molecular formula is C19H30N4O. The highest BCUT2D eigenvalue weighted by Crippen LogP contribution is 2.18. The van der Waals surface area contributed by atoms with Crippen molar-refractivity contribution in [1.82, 2.24) is 20.2 Å². The number of piperidine rings is 1. The summed E-state index contributed by atoms with van der Waals surface area (Å²) in [5, 5.41) is 3.02. The topological polar surface area (TPSA) is 58.1 Å². The summed E-state index contributed by atoms with van der Waals surface area (Å²) >= 11 is 0. The van der Waals surface area contributed by atoms with Crippen molar-refractivity contribution in [1.29, 1.82) is 0 Å². The second-order valence-corrected chi connectivity index (χ2v) is 7.27. The molecule has 2 heterocycles. The lowest BCUT2D eigenvalue weighted by Crippen LogP contribution is -2.40. The molecule has 5 heteroatoms. The Balaban J connectivity index is 1.85. The Labute approximate surface area is 145 Å². The average molecular weight is 330 g/mol. The van der Waals surface area contributed by atoms with Crippen molar-refractivity contribution in [3.8, 4) is 0 Å². The van der Waals surface area contributed by atoms with Crippen LogP contribution in [0.5, 0.6) is 0 Å². The third-order valence-electron chi connectivity index (χ3n) is 4.22. The summed E-state index contributed by atoms with van der Waals surface area (Å²) < 4.78 is 0. The van der Waals surface area contributed by atoms with Crippen LogP contribution in [0.3, 0.4) is 0 Å². The van der Waals surface area contributed by atoms with E-state index in [0.29, 0.717) is 11.8 Å². The van der Waals surface area contributed by atoms with Gasteiger partial charge in [0.25, 0.3) is 0 Å². The van der Waals surface area contributed by atoms with Gasteiger partial charge in [0, 0.05) is 37.8 Å². The number of allylic oxidation sites excluding steroid dienone is 1. The van der Waals surface area contributed by atoms with Gasteiger partial charge in [-0.05, 0) is 45.2 Å². The summed E-state index contributed by atoms with van der Waals surface area (Å²) in [7, 11) is 0. The van der Waals surface area contributed by atoms with Gasteiger partial charge in [0.15, 0.2) is 0 Å². The van der Waals surface area contributed by atoms with E-state index in [2.05, 4.69) is 34.0 Å². The molecule has 1 amide bonds. The van der Waals surface area contributed by atoms with E-state index in [1.807, 2.05) is 26.1 Å². The number of carbonyl (C=O) groups excluding carboxylic acids is 1. The maximum atomic E-state index is 11.8. The van der Waals surface area contributed by atoms with E-state index < -0.39 is 0 Å². The number of amides is 1. The van der Waals surface area contributed by atoms with Crippen molar-refractivity contribution >= 4 is 5.91 Å². The van der Waals surface area contributed by atoms with Crippen molar-refractivity contribution in [3.05, 3.63) is 35.4 Å². The molecule has 1 N–H and O–H groups in total. The van der Waals surface area contributed by atoms with E-state index >= 15 is 0 Å². The number of likely N-dealkylation sites (tertiary alicyclic amines) is 1. The highest BCUT2D eigenvalue weighted by molar-refractivity contribution is 5.87. The van der Waals surface area contributed by atoms with Crippen LogP contribution in [0.15, 0.2) is 23.9 Å². The van der Waals surface area contributed by atoms with Gasteiger partial charge in [0.2, 0.25) is 5.91 Å². The Morgan fingerprint density at radius 1 is 1.46 bits per heavy atom. The Kier molecular flexibility index (Phi) is 6.91. The molecule has 1 saturated heterocycles. The smallest absolute Gasteiger partial charge is 0.243 e. The zero-order chi connectivity index (χ0) is 17.5. The molecule has 0 bridgehead atoms. The Hall–Kier alpha value is -1.75. The van der Waals surface area contributed by atoms with Crippen LogP contribution in [0, 0.1) is 5.92 Å². The quantitative estimate of drug-likeness (QED) is 0.815. The number of nitrogens with zero attached hydrogens (tertiary/aromatic N) is 3. The first-order chi connectivity index (χ1) is 11.4. The van der Waals surface area contributed by atoms with Crippen LogP contribution < -0.4 is 5.32 Å². The zero-order valence-electron chi connectivity index (χ0n) is 15.4. The third-order valence-corrected chi connectivity index (χ3v) is 4.22. The van der Waals surface area contributed by atoms with E-state index in [1.165, 1.54) is 12.8 Å². The first-order valence-electron chi connectivity index (χ1n) is 8.91. The van der Waals surface area contributed by atoms with Crippen LogP contribution in [0.4, 0.5) is 0 Å². The van der Waals surface area contributed by atoms with E-state index in [0.717, 1.165) is 43.3 Å². The summed E-state index contributed by atoms with van der Waals surface area (Å²) in [6, 6.07) is 2.01. The maximum absolute atomic E-state index is 11.8. The van der Waals surface area contributed by atoms with Crippen LogP contribution in [-0.2, 0) is 11.3 Å². The van der Waals surface area contributed by atoms with Gasteiger partial charge in [-0.2, -0.15) is 0 Å². The molecule has 0 radical (unpaired) electrons. The molecule has 1 aromatic heterocycles. The zero-order valence-corrected chi connectivity index (χ0v) is 15.4. The first kappa shape index (κ1) is 18.6. The number of nitrogens with one attached hydrogen (secondary N) is 1. The lowest BCUT2D eigenvalue weighted by atomic mass is 9.98. The molecule has 0 spiro atoms. The standard InChI is InChI=1S/C19H30N4O/c1-14(2)10-18(24)21-11-16-6-5-9-23(12-16)13-17-7-8-20-19(22-17)15(3)4/h7-8,10,15-16H,5-6,9,11-13H2,1-4H3,(H,21,24)/t16-/m1/s1. The van der Waals surface area contributed by atoms with Crippen molar-refractivity contribution in [3.63, 3.8) is 0 Å². The number of rotatable bonds is 6. The van der Waals surface area contributed by atoms with Crippen molar-refractivity contribution < 1.29 is 4.79 Å². The van der Waals surface area contributed by atoms with Crippen LogP contribution in [-0.4, -0.2) is 40.4 Å². The highest BCUT2D eigenvalue weighted by Gasteiger charge is 2.20. The third kappa shape index (κ3) is 6.04. The Morgan fingerprint density at radius 3 is 2.96 bits per heavy atom. The minimum absolute atomic E-state index is 0.0181. The summed E-state index contributed by atoms with van der Waals surface area (Å²) in [5.41, 5.74) is 2.12. The Bertz CT molecular complexity index is 578. The molecule has 5 nitrogen and oxygen atoms in total. The van der Waals surface area contributed by atoms with Gasteiger partial charge in [-0.25, -0.2) is 9.97 Å². The molecule has 1 aromatic rings. The fourth-order valence-electron chi connectivity index (χ4n) is 3.03. The number of hydrogen-bond donors (Lipinski definition) is 1. The molecule has 24 heavy (non-hydrogen) atoms. The van der Waals surface area contributed by atoms with Crippen LogP contribution in [0.1, 0.15) is 58.0 Å². The number of hydrogen-bond acceptors (Lipinski definition) is 4. The normalized spacial score (nSPS) is 18.5. The minimum Gasteiger partial charge on any atom is -0.352 e. The second-order valence-electron chi connectivity index (χ2n) is 7.27. The molecule has 132 valence electrons. The summed E-state index contributed by atoms with van der Waals surface area (Å²) in [4.78, 5) is 23.2. The molecule has 0 aromatic carbocycles. The molecular weight excluding hydrogens is 300 g/mol. The van der Waals surface area contributed by atoms with Gasteiger partial charge in [0.1, 0.15) is 5.82 Å². The summed E-state index contributed by atoms with van der Waals surface area (Å²) in [5.74, 6) is 1.79. The van der Waals surface area contributed by atoms with Gasteiger partial charge in [-0.15, -0.1) is 0 Å². The van der Waals surface area contributed by atoms with E-state index in [4.69, 9.17) is 0 Å². The largest absolute Gasteiger partial charge is 0.352 e. The van der Waals surface area contributed by atoms with Gasteiger partial charge >= 0.3 is 0 Å². The predicted molar refractivity (Wildman–Crippen MR) is 96.6 cm³/mol. The molecule has 2 rings (SSSR count).